The van der Waals surface area contributed by atoms with E-state index < -0.39 is 132 Å². The summed E-state index contributed by atoms with van der Waals surface area (Å²) in [5.74, 6) is -10.4. The number of carboxylic acids is 1. The fourth-order valence-corrected chi connectivity index (χ4v) is 8.60. The number of hydrogen-bond donors (Lipinski definition) is 9. The van der Waals surface area contributed by atoms with Crippen molar-refractivity contribution < 1.29 is 57.8 Å². The normalized spacial score (nSPS) is 24.3. The highest BCUT2D eigenvalue weighted by Gasteiger charge is 2.38. The number of ether oxygens (including phenoxy) is 1. The fourth-order valence-electron chi connectivity index (χ4n) is 8.60. The Balaban J connectivity index is 3.96. The van der Waals surface area contributed by atoms with E-state index in [0.29, 0.717) is 12.8 Å². The van der Waals surface area contributed by atoms with Gasteiger partial charge in [-0.15, -0.1) is 0 Å². The van der Waals surface area contributed by atoms with Crippen LogP contribution >= 0.6 is 0 Å². The summed E-state index contributed by atoms with van der Waals surface area (Å²) in [6, 6.07) is -9.48. The SMILES string of the molecule is CCCCCCCCCCCC[C@@H]1CC(=O)N[C@H](CCC(N)=O)C(=O)N[C@@H](CC(C)C)C(=O)N[C@@H](CC(C)C)C(=O)N[C@@H](C(C)C)C(=O)N[C@@H](CC(=O)O)C(=O)N[C@@H](CC(C)C)C(=O)N[C@H]([C@H](C)CC)C(=O)O1. The molecule has 9 atom stereocenters. The van der Waals surface area contributed by atoms with E-state index >= 15 is 0 Å². The Hall–Kier alpha value is -5.30. The molecule has 418 valence electrons. The monoisotopic (exact) mass is 1030 g/mol. The summed E-state index contributed by atoms with van der Waals surface area (Å²) in [6.45, 7) is 19.8. The molecule has 20 heteroatoms. The summed E-state index contributed by atoms with van der Waals surface area (Å²) in [5, 5.41) is 28.5. The topological polar surface area (TPSA) is 310 Å². The van der Waals surface area contributed by atoms with Crippen LogP contribution in [0.5, 0.6) is 0 Å². The Morgan fingerprint density at radius 1 is 0.534 bits per heavy atom. The van der Waals surface area contributed by atoms with Crippen molar-refractivity contribution in [1.82, 2.24) is 37.2 Å². The number of primary amides is 1. The van der Waals surface area contributed by atoms with Crippen LogP contribution in [-0.2, 0) is 52.7 Å². The van der Waals surface area contributed by atoms with E-state index in [1.165, 1.54) is 25.7 Å². The number of hydrogen-bond acceptors (Lipinski definition) is 11. The van der Waals surface area contributed by atoms with Crippen LogP contribution in [0.25, 0.3) is 0 Å². The zero-order valence-electron chi connectivity index (χ0n) is 46.0. The summed E-state index contributed by atoms with van der Waals surface area (Å²) in [5.41, 5.74) is 5.50. The Morgan fingerprint density at radius 2 is 0.945 bits per heavy atom. The minimum absolute atomic E-state index is 0.0469. The van der Waals surface area contributed by atoms with E-state index in [0.717, 1.165) is 32.1 Å². The number of nitrogens with two attached hydrogens (primary N) is 1. The van der Waals surface area contributed by atoms with E-state index in [1.807, 2.05) is 34.6 Å². The first-order valence-corrected chi connectivity index (χ1v) is 27.1. The van der Waals surface area contributed by atoms with Crippen LogP contribution in [-0.4, -0.2) is 113 Å². The number of esters is 1. The van der Waals surface area contributed by atoms with Crippen molar-refractivity contribution in [3.8, 4) is 0 Å². The van der Waals surface area contributed by atoms with Crippen LogP contribution in [0, 0.1) is 29.6 Å². The number of nitrogens with one attached hydrogen (secondary N) is 7. The summed E-state index contributed by atoms with van der Waals surface area (Å²) in [4.78, 5) is 137. The summed E-state index contributed by atoms with van der Waals surface area (Å²) in [6.07, 6.45) is 8.39. The number of carboxylic acid groups (broad SMARTS) is 1. The van der Waals surface area contributed by atoms with Gasteiger partial charge in [-0.25, -0.2) is 4.79 Å². The van der Waals surface area contributed by atoms with E-state index in [1.54, 1.807) is 34.6 Å². The number of amides is 8. The molecule has 20 nitrogen and oxygen atoms in total. The summed E-state index contributed by atoms with van der Waals surface area (Å²) < 4.78 is 6.08. The molecule has 0 radical (unpaired) electrons. The molecule has 10 N–H and O–H groups in total. The molecule has 0 aliphatic carbocycles. The minimum Gasteiger partial charge on any atom is -0.481 e. The number of aliphatic carboxylic acids is 1. The molecule has 8 amide bonds. The van der Waals surface area contributed by atoms with Crippen LogP contribution in [0.2, 0.25) is 0 Å². The number of carbonyl (C=O) groups excluding carboxylic acids is 9. The van der Waals surface area contributed by atoms with E-state index in [-0.39, 0.29) is 56.3 Å². The zero-order chi connectivity index (χ0) is 55.4. The van der Waals surface area contributed by atoms with Gasteiger partial charge in [0.25, 0.3) is 0 Å². The van der Waals surface area contributed by atoms with Crippen LogP contribution in [0.15, 0.2) is 0 Å². The van der Waals surface area contributed by atoms with Crippen molar-refractivity contribution in [2.24, 2.45) is 35.3 Å². The van der Waals surface area contributed by atoms with Crippen molar-refractivity contribution >= 4 is 59.2 Å². The standard InChI is InChI=1S/C53H94N8O12/c1-12-14-15-16-17-18-19-20-21-22-23-36-29-43(63)55-37(24-25-42(54)62)47(66)56-38(26-31(3)4)48(67)57-39(27-32(5)6)50(69)60-45(34(9)10)52(71)59-41(30-44(64)65)49(68)58-40(28-33(7)8)51(70)61-46(35(11)13-2)53(72)73-36/h31-41,45-46H,12-30H2,1-11H3,(H2,54,62)(H,55,63)(H,56,66)(H,57,67)(H,58,68)(H,59,71)(H,60,69)(H,61,70)(H,64,65)/t35-,36-,37-,38+,39+,40+,41+,45+,46-/m1/s1. The molecule has 0 unspecified atom stereocenters. The second-order valence-electron chi connectivity index (χ2n) is 21.7. The van der Waals surface area contributed by atoms with Crippen LogP contribution < -0.4 is 43.0 Å². The lowest BCUT2D eigenvalue weighted by molar-refractivity contribution is -0.156. The van der Waals surface area contributed by atoms with Crippen molar-refractivity contribution in [3.63, 3.8) is 0 Å². The highest BCUT2D eigenvalue weighted by atomic mass is 16.5. The zero-order valence-corrected chi connectivity index (χ0v) is 46.0. The van der Waals surface area contributed by atoms with E-state index in [2.05, 4.69) is 44.1 Å². The van der Waals surface area contributed by atoms with Gasteiger partial charge >= 0.3 is 11.9 Å². The second kappa shape index (κ2) is 35.0. The van der Waals surface area contributed by atoms with Crippen LogP contribution in [0.1, 0.15) is 198 Å². The highest BCUT2D eigenvalue weighted by molar-refractivity contribution is 5.98. The maximum Gasteiger partial charge on any atom is 0.329 e. The van der Waals surface area contributed by atoms with Gasteiger partial charge in [0.05, 0.1) is 12.8 Å². The van der Waals surface area contributed by atoms with Gasteiger partial charge in [0.15, 0.2) is 0 Å². The quantitative estimate of drug-likeness (QED) is 0.0448. The maximum absolute atomic E-state index is 14.3. The smallest absolute Gasteiger partial charge is 0.329 e. The number of carbonyl (C=O) groups is 10. The van der Waals surface area contributed by atoms with Crippen molar-refractivity contribution in [2.45, 2.75) is 247 Å². The second-order valence-corrected chi connectivity index (χ2v) is 21.7. The molecule has 1 rings (SSSR count). The average molecular weight is 1040 g/mol. The van der Waals surface area contributed by atoms with Crippen molar-refractivity contribution in [3.05, 3.63) is 0 Å². The van der Waals surface area contributed by atoms with E-state index in [9.17, 15) is 53.1 Å². The third kappa shape index (κ3) is 27.0. The molecule has 0 aromatic rings. The Morgan fingerprint density at radius 3 is 1.37 bits per heavy atom. The fraction of sp³-hybridized carbons (Fsp3) is 0.811. The lowest BCUT2D eigenvalue weighted by Gasteiger charge is -2.30. The minimum atomic E-state index is -1.72. The molecule has 0 bridgehead atoms. The predicted octanol–water partition coefficient (Wildman–Crippen LogP) is 4.59. The van der Waals surface area contributed by atoms with Gasteiger partial charge in [0.1, 0.15) is 48.4 Å². The average Bonchev–Trinajstić information content (AvgIpc) is 3.29. The van der Waals surface area contributed by atoms with Crippen LogP contribution in [0.4, 0.5) is 0 Å². The van der Waals surface area contributed by atoms with E-state index in [4.69, 9.17) is 10.5 Å². The van der Waals surface area contributed by atoms with Gasteiger partial charge in [-0.1, -0.05) is 140 Å². The lowest BCUT2D eigenvalue weighted by atomic mass is 9.97. The molecule has 1 aliphatic rings. The molecule has 1 fully saturated rings. The molecule has 73 heavy (non-hydrogen) atoms. The van der Waals surface area contributed by atoms with Gasteiger partial charge in [-0.05, 0) is 68.1 Å². The van der Waals surface area contributed by atoms with Crippen molar-refractivity contribution in [2.75, 3.05) is 0 Å². The first-order valence-electron chi connectivity index (χ1n) is 27.1. The van der Waals surface area contributed by atoms with Crippen molar-refractivity contribution in [1.29, 1.82) is 0 Å². The molecule has 0 spiro atoms. The van der Waals surface area contributed by atoms with Gasteiger partial charge in [0.2, 0.25) is 47.3 Å². The molecule has 0 aromatic carbocycles. The molecule has 1 aliphatic heterocycles. The predicted molar refractivity (Wildman–Crippen MR) is 278 cm³/mol. The van der Waals surface area contributed by atoms with Gasteiger partial charge in [-0.3, -0.25) is 43.2 Å². The molecule has 1 heterocycles. The summed E-state index contributed by atoms with van der Waals surface area (Å²) >= 11 is 0. The number of unbranched alkanes of at least 4 members (excludes halogenated alkanes) is 9. The first kappa shape index (κ1) is 65.7. The Kier molecular flexibility index (Phi) is 31.5. The first-order chi connectivity index (χ1) is 34.3. The van der Waals surface area contributed by atoms with Crippen LogP contribution in [0.3, 0.4) is 0 Å². The van der Waals surface area contributed by atoms with Gasteiger partial charge in [0, 0.05) is 6.42 Å². The number of rotatable bonds is 25. The largest absolute Gasteiger partial charge is 0.481 e. The molecule has 0 saturated carbocycles. The Labute approximate surface area is 434 Å². The maximum atomic E-state index is 14.3. The van der Waals surface area contributed by atoms with Gasteiger partial charge < -0.3 is 52.8 Å². The lowest BCUT2D eigenvalue weighted by Crippen LogP contribution is -2.61. The molecule has 1 saturated heterocycles. The highest BCUT2D eigenvalue weighted by Crippen LogP contribution is 2.19. The molecular formula is C53H94N8O12. The van der Waals surface area contributed by atoms with Gasteiger partial charge in [-0.2, -0.15) is 0 Å². The third-order valence-corrected chi connectivity index (χ3v) is 13.0. The Bertz CT molecular complexity index is 1790. The third-order valence-electron chi connectivity index (χ3n) is 13.0. The molecular weight excluding hydrogens is 941 g/mol. The summed E-state index contributed by atoms with van der Waals surface area (Å²) in [7, 11) is 0. The number of cyclic esters (lactones) is 1. The molecule has 0 aromatic heterocycles.